The van der Waals surface area contributed by atoms with Crippen LogP contribution in [0.1, 0.15) is 12.7 Å². The van der Waals surface area contributed by atoms with Gasteiger partial charge in [0.05, 0.1) is 24.6 Å². The first kappa shape index (κ1) is 17.9. The molecule has 1 aliphatic heterocycles. The van der Waals surface area contributed by atoms with Gasteiger partial charge in [0, 0.05) is 26.1 Å². The van der Waals surface area contributed by atoms with Crippen molar-refractivity contribution < 1.29 is 18.8 Å². The van der Waals surface area contributed by atoms with E-state index in [0.29, 0.717) is 30.5 Å². The second-order valence-corrected chi connectivity index (χ2v) is 6.07. The number of benzene rings is 1. The van der Waals surface area contributed by atoms with Gasteiger partial charge in [-0.15, -0.1) is 0 Å². The first-order valence-electron chi connectivity index (χ1n) is 8.47. The average Bonchev–Trinajstić information content (AvgIpc) is 3.06. The summed E-state index contributed by atoms with van der Waals surface area (Å²) in [6.45, 7) is 5.83. The monoisotopic (exact) mass is 358 g/mol. The van der Waals surface area contributed by atoms with Crippen molar-refractivity contribution in [1.29, 1.82) is 0 Å². The van der Waals surface area contributed by atoms with Gasteiger partial charge in [0.15, 0.2) is 5.82 Å². The first-order chi connectivity index (χ1) is 12.5. The van der Waals surface area contributed by atoms with Crippen LogP contribution in [0.2, 0.25) is 0 Å². The van der Waals surface area contributed by atoms with E-state index in [1.54, 1.807) is 13.0 Å². The molecule has 0 atom stereocenters. The summed E-state index contributed by atoms with van der Waals surface area (Å²) in [4.78, 5) is 27.9. The topological polar surface area (TPSA) is 87.9 Å². The summed E-state index contributed by atoms with van der Waals surface area (Å²) in [5, 5.41) is 6.71. The van der Waals surface area contributed by atoms with Gasteiger partial charge in [-0.25, -0.2) is 0 Å². The number of anilines is 3. The SMILES string of the molecule is CC(=O)N(CC(=O)Nc1ccccc1N1CCOCC1)c1cc(C)on1. The van der Waals surface area contributed by atoms with Crippen LogP contribution in [0, 0.1) is 6.92 Å². The fraction of sp³-hybridized carbons (Fsp3) is 0.389. The number of para-hydroxylation sites is 2. The van der Waals surface area contributed by atoms with Crippen molar-refractivity contribution in [2.45, 2.75) is 13.8 Å². The smallest absolute Gasteiger partial charge is 0.244 e. The molecule has 2 heterocycles. The molecule has 3 rings (SSSR count). The highest BCUT2D eigenvalue weighted by Gasteiger charge is 2.21. The Morgan fingerprint density at radius 3 is 2.65 bits per heavy atom. The van der Waals surface area contributed by atoms with Gasteiger partial charge in [-0.3, -0.25) is 14.5 Å². The molecule has 0 saturated carbocycles. The molecule has 0 bridgehead atoms. The number of rotatable bonds is 5. The molecule has 1 N–H and O–H groups in total. The van der Waals surface area contributed by atoms with Crippen LogP contribution < -0.4 is 15.1 Å². The van der Waals surface area contributed by atoms with Crippen molar-refractivity contribution in [3.05, 3.63) is 36.1 Å². The van der Waals surface area contributed by atoms with Crippen LogP contribution in [-0.2, 0) is 14.3 Å². The van der Waals surface area contributed by atoms with Crippen LogP contribution in [0.5, 0.6) is 0 Å². The van der Waals surface area contributed by atoms with Gasteiger partial charge in [-0.05, 0) is 19.1 Å². The molecule has 0 radical (unpaired) electrons. The minimum Gasteiger partial charge on any atom is -0.378 e. The van der Waals surface area contributed by atoms with Crippen LogP contribution in [0.25, 0.3) is 0 Å². The van der Waals surface area contributed by atoms with E-state index >= 15 is 0 Å². The number of carbonyl (C=O) groups is 2. The van der Waals surface area contributed by atoms with Crippen molar-refractivity contribution in [3.8, 4) is 0 Å². The number of ether oxygens (including phenoxy) is 1. The minimum absolute atomic E-state index is 0.140. The zero-order valence-corrected chi connectivity index (χ0v) is 14.9. The summed E-state index contributed by atoms with van der Waals surface area (Å²) in [5.41, 5.74) is 1.65. The molecule has 8 nitrogen and oxygen atoms in total. The standard InChI is InChI=1S/C18H22N4O4/c1-13-11-17(20-26-13)22(14(2)23)12-18(24)19-15-5-3-4-6-16(15)21-7-9-25-10-8-21/h3-6,11H,7-10,12H2,1-2H3,(H,19,24). The summed E-state index contributed by atoms with van der Waals surface area (Å²) < 4.78 is 10.4. The summed E-state index contributed by atoms with van der Waals surface area (Å²) in [6, 6.07) is 9.23. The van der Waals surface area contributed by atoms with Gasteiger partial charge < -0.3 is 19.5 Å². The second-order valence-electron chi connectivity index (χ2n) is 6.07. The van der Waals surface area contributed by atoms with E-state index in [1.165, 1.54) is 11.8 Å². The number of aromatic nitrogens is 1. The maximum Gasteiger partial charge on any atom is 0.244 e. The molecule has 1 fully saturated rings. The normalized spacial score (nSPS) is 14.2. The fourth-order valence-corrected chi connectivity index (χ4v) is 2.83. The Hall–Kier alpha value is -2.87. The Labute approximate surface area is 151 Å². The Morgan fingerprint density at radius 2 is 2.00 bits per heavy atom. The summed E-state index contributed by atoms with van der Waals surface area (Å²) >= 11 is 0. The Balaban J connectivity index is 1.72. The zero-order chi connectivity index (χ0) is 18.5. The second kappa shape index (κ2) is 8.01. The molecule has 1 saturated heterocycles. The van der Waals surface area contributed by atoms with Gasteiger partial charge >= 0.3 is 0 Å². The number of morpholine rings is 1. The van der Waals surface area contributed by atoms with Crippen molar-refractivity contribution in [2.75, 3.05) is 48.0 Å². The number of hydrogen-bond acceptors (Lipinski definition) is 6. The molecule has 138 valence electrons. The lowest BCUT2D eigenvalue weighted by atomic mass is 10.2. The van der Waals surface area contributed by atoms with Gasteiger partial charge in [0.25, 0.3) is 0 Å². The average molecular weight is 358 g/mol. The predicted molar refractivity (Wildman–Crippen MR) is 97.4 cm³/mol. The molecule has 2 amide bonds. The molecule has 8 heteroatoms. The molecular weight excluding hydrogens is 336 g/mol. The van der Waals surface area contributed by atoms with E-state index in [2.05, 4.69) is 15.4 Å². The van der Waals surface area contributed by atoms with E-state index in [9.17, 15) is 9.59 Å². The number of aryl methyl sites for hydroxylation is 1. The third-order valence-corrected chi connectivity index (χ3v) is 4.10. The minimum atomic E-state index is -0.304. The Bertz CT molecular complexity index is 783. The highest BCUT2D eigenvalue weighted by molar-refractivity contribution is 6.02. The quantitative estimate of drug-likeness (QED) is 0.877. The van der Waals surface area contributed by atoms with Crippen LogP contribution in [0.4, 0.5) is 17.2 Å². The van der Waals surface area contributed by atoms with Crippen molar-refractivity contribution in [3.63, 3.8) is 0 Å². The van der Waals surface area contributed by atoms with Crippen molar-refractivity contribution in [1.82, 2.24) is 5.16 Å². The molecule has 1 aromatic heterocycles. The van der Waals surface area contributed by atoms with Crippen molar-refractivity contribution >= 4 is 29.0 Å². The molecule has 1 aliphatic rings. The zero-order valence-electron chi connectivity index (χ0n) is 14.9. The molecule has 0 unspecified atom stereocenters. The van der Waals surface area contributed by atoms with Crippen LogP contribution in [0.15, 0.2) is 34.9 Å². The van der Waals surface area contributed by atoms with E-state index in [4.69, 9.17) is 9.26 Å². The molecular formula is C18H22N4O4. The largest absolute Gasteiger partial charge is 0.378 e. The lowest BCUT2D eigenvalue weighted by Gasteiger charge is -2.30. The molecule has 1 aromatic carbocycles. The van der Waals surface area contributed by atoms with Gasteiger partial charge in [-0.1, -0.05) is 17.3 Å². The molecule has 2 aromatic rings. The van der Waals surface area contributed by atoms with Gasteiger partial charge in [0.1, 0.15) is 12.3 Å². The molecule has 0 spiro atoms. The Kier molecular flexibility index (Phi) is 5.52. The highest BCUT2D eigenvalue weighted by Crippen LogP contribution is 2.26. The summed E-state index contributed by atoms with van der Waals surface area (Å²) in [5.74, 6) is 0.312. The maximum atomic E-state index is 12.5. The molecule has 26 heavy (non-hydrogen) atoms. The summed E-state index contributed by atoms with van der Waals surface area (Å²) in [7, 11) is 0. The number of hydrogen-bond donors (Lipinski definition) is 1. The lowest BCUT2D eigenvalue weighted by molar-refractivity contribution is -0.120. The number of amides is 2. The van der Waals surface area contributed by atoms with E-state index in [1.807, 2.05) is 24.3 Å². The maximum absolute atomic E-state index is 12.5. The van der Waals surface area contributed by atoms with Crippen LogP contribution in [0.3, 0.4) is 0 Å². The van der Waals surface area contributed by atoms with Gasteiger partial charge in [-0.2, -0.15) is 0 Å². The van der Waals surface area contributed by atoms with Gasteiger partial charge in [0.2, 0.25) is 11.8 Å². The van der Waals surface area contributed by atoms with Crippen molar-refractivity contribution in [2.24, 2.45) is 0 Å². The highest BCUT2D eigenvalue weighted by atomic mass is 16.5. The molecule has 0 aliphatic carbocycles. The van der Waals surface area contributed by atoms with E-state index in [0.717, 1.165) is 18.8 Å². The predicted octanol–water partition coefficient (Wildman–Crippen LogP) is 1.81. The third kappa shape index (κ3) is 4.20. The fourth-order valence-electron chi connectivity index (χ4n) is 2.83. The number of carbonyl (C=O) groups excluding carboxylic acids is 2. The lowest BCUT2D eigenvalue weighted by Crippen LogP contribution is -2.38. The third-order valence-electron chi connectivity index (χ3n) is 4.10. The Morgan fingerprint density at radius 1 is 1.27 bits per heavy atom. The first-order valence-corrected chi connectivity index (χ1v) is 8.47. The number of nitrogens with zero attached hydrogens (tertiary/aromatic N) is 3. The van der Waals surface area contributed by atoms with Crippen LogP contribution in [-0.4, -0.2) is 49.8 Å². The summed E-state index contributed by atoms with van der Waals surface area (Å²) in [6.07, 6.45) is 0. The van der Waals surface area contributed by atoms with E-state index in [-0.39, 0.29) is 18.4 Å². The van der Waals surface area contributed by atoms with E-state index < -0.39 is 0 Å². The van der Waals surface area contributed by atoms with Crippen LogP contribution >= 0.6 is 0 Å². The number of nitrogens with one attached hydrogen (secondary N) is 1.